The number of carbonyl (C=O) groups is 2. The van der Waals surface area contributed by atoms with Gasteiger partial charge in [0, 0.05) is 36.0 Å². The standard InChI is InChI=1S/C23H24FN3O2/c1-14-18-12-16(13-25-23(29)15(2)27-11-5-8-21(27)28)9-10-20(18)26-22(14)17-6-3-4-7-19(17)24/h3-4,6-7,9-10,12,15,26H,5,8,11,13H2,1-2H3,(H,25,29)/t15-/m1/s1. The molecule has 150 valence electrons. The Bertz CT molecular complexity index is 1090. The number of halogens is 1. The maximum atomic E-state index is 14.2. The molecule has 6 heteroatoms. The molecule has 2 N–H and O–H groups in total. The molecule has 0 unspecified atom stereocenters. The minimum atomic E-state index is -0.463. The summed E-state index contributed by atoms with van der Waals surface area (Å²) in [5.74, 6) is -0.379. The molecule has 2 aromatic carbocycles. The van der Waals surface area contributed by atoms with Crippen LogP contribution in [0.3, 0.4) is 0 Å². The van der Waals surface area contributed by atoms with Crippen LogP contribution in [0.15, 0.2) is 42.5 Å². The van der Waals surface area contributed by atoms with Crippen LogP contribution in [0.25, 0.3) is 22.2 Å². The van der Waals surface area contributed by atoms with Gasteiger partial charge in [-0.15, -0.1) is 0 Å². The Morgan fingerprint density at radius 3 is 2.79 bits per heavy atom. The Morgan fingerprint density at radius 1 is 1.28 bits per heavy atom. The van der Waals surface area contributed by atoms with Crippen molar-refractivity contribution < 1.29 is 14.0 Å². The largest absolute Gasteiger partial charge is 0.354 e. The summed E-state index contributed by atoms with van der Waals surface area (Å²) in [6.07, 6.45) is 1.33. The first-order chi connectivity index (χ1) is 14.0. The Balaban J connectivity index is 1.52. The van der Waals surface area contributed by atoms with E-state index in [1.165, 1.54) is 6.07 Å². The van der Waals surface area contributed by atoms with E-state index in [1.807, 2.05) is 31.2 Å². The molecule has 3 aromatic rings. The first-order valence-corrected chi connectivity index (χ1v) is 9.89. The average molecular weight is 393 g/mol. The van der Waals surface area contributed by atoms with E-state index in [1.54, 1.807) is 24.0 Å². The van der Waals surface area contributed by atoms with Crippen molar-refractivity contribution in [1.29, 1.82) is 0 Å². The van der Waals surface area contributed by atoms with E-state index in [0.29, 0.717) is 25.1 Å². The van der Waals surface area contributed by atoms with Crippen LogP contribution < -0.4 is 5.32 Å². The summed E-state index contributed by atoms with van der Waals surface area (Å²) in [5.41, 5.74) is 4.15. The summed E-state index contributed by atoms with van der Waals surface area (Å²) in [6.45, 7) is 4.74. The van der Waals surface area contributed by atoms with Crippen LogP contribution in [0.2, 0.25) is 0 Å². The number of amides is 2. The van der Waals surface area contributed by atoms with Crippen LogP contribution >= 0.6 is 0 Å². The molecular weight excluding hydrogens is 369 g/mol. The summed E-state index contributed by atoms with van der Waals surface area (Å²) in [5, 5.41) is 3.92. The van der Waals surface area contributed by atoms with Gasteiger partial charge in [0.15, 0.2) is 0 Å². The zero-order valence-electron chi connectivity index (χ0n) is 16.6. The SMILES string of the molecule is Cc1c(-c2ccccc2F)[nH]c2ccc(CNC(=O)[C@@H](C)N3CCCC3=O)cc12. The van der Waals surface area contributed by atoms with Gasteiger partial charge in [0.1, 0.15) is 11.9 Å². The highest BCUT2D eigenvalue weighted by Gasteiger charge is 2.29. The lowest BCUT2D eigenvalue weighted by molar-refractivity contribution is -0.136. The van der Waals surface area contributed by atoms with Crippen molar-refractivity contribution >= 4 is 22.7 Å². The summed E-state index contributed by atoms with van der Waals surface area (Å²) < 4.78 is 14.2. The molecule has 0 radical (unpaired) electrons. The molecule has 5 nitrogen and oxygen atoms in total. The van der Waals surface area contributed by atoms with E-state index in [0.717, 1.165) is 34.1 Å². The Morgan fingerprint density at radius 2 is 2.07 bits per heavy atom. The number of nitrogens with zero attached hydrogens (tertiary/aromatic N) is 1. The van der Waals surface area contributed by atoms with E-state index < -0.39 is 6.04 Å². The Labute approximate surface area is 168 Å². The lowest BCUT2D eigenvalue weighted by Gasteiger charge is -2.23. The van der Waals surface area contributed by atoms with E-state index >= 15 is 0 Å². The van der Waals surface area contributed by atoms with Gasteiger partial charge < -0.3 is 15.2 Å². The number of nitrogens with one attached hydrogen (secondary N) is 2. The van der Waals surface area contributed by atoms with Crippen molar-refractivity contribution in [1.82, 2.24) is 15.2 Å². The maximum Gasteiger partial charge on any atom is 0.242 e. The van der Waals surface area contributed by atoms with Crippen LogP contribution in [-0.4, -0.2) is 34.3 Å². The molecule has 1 aliphatic rings. The lowest BCUT2D eigenvalue weighted by atomic mass is 10.0. The molecule has 0 aliphatic carbocycles. The topological polar surface area (TPSA) is 65.2 Å². The van der Waals surface area contributed by atoms with Gasteiger partial charge in [0.2, 0.25) is 11.8 Å². The first-order valence-electron chi connectivity index (χ1n) is 9.89. The summed E-state index contributed by atoms with van der Waals surface area (Å²) >= 11 is 0. The molecule has 1 aromatic heterocycles. The van der Waals surface area contributed by atoms with Crippen molar-refractivity contribution in [3.63, 3.8) is 0 Å². The van der Waals surface area contributed by atoms with Crippen molar-refractivity contribution in [3.05, 3.63) is 59.4 Å². The smallest absolute Gasteiger partial charge is 0.242 e. The molecule has 4 rings (SSSR count). The normalized spacial score (nSPS) is 15.1. The molecule has 2 heterocycles. The van der Waals surface area contributed by atoms with Crippen molar-refractivity contribution in [2.75, 3.05) is 6.54 Å². The number of aromatic nitrogens is 1. The molecule has 29 heavy (non-hydrogen) atoms. The number of hydrogen-bond acceptors (Lipinski definition) is 2. The van der Waals surface area contributed by atoms with Gasteiger partial charge in [-0.05, 0) is 55.7 Å². The minimum absolute atomic E-state index is 0.0395. The number of likely N-dealkylation sites (tertiary alicyclic amines) is 1. The average Bonchev–Trinajstić information content (AvgIpc) is 3.29. The van der Waals surface area contributed by atoms with Gasteiger partial charge in [-0.2, -0.15) is 0 Å². The van der Waals surface area contributed by atoms with E-state index in [2.05, 4.69) is 10.3 Å². The third-order valence-electron chi connectivity index (χ3n) is 5.69. The molecule has 2 amide bonds. The fourth-order valence-corrected chi connectivity index (χ4v) is 3.97. The fourth-order valence-electron chi connectivity index (χ4n) is 3.97. The number of hydrogen-bond donors (Lipinski definition) is 2. The van der Waals surface area contributed by atoms with E-state index in [9.17, 15) is 14.0 Å². The molecule has 0 bridgehead atoms. The van der Waals surface area contributed by atoms with Gasteiger partial charge in [0.05, 0.1) is 5.69 Å². The maximum absolute atomic E-state index is 14.2. The zero-order valence-corrected chi connectivity index (χ0v) is 16.6. The summed E-state index contributed by atoms with van der Waals surface area (Å²) in [4.78, 5) is 29.2. The third kappa shape index (κ3) is 3.62. The molecular formula is C23H24FN3O2. The second-order valence-electron chi connectivity index (χ2n) is 7.57. The number of carbonyl (C=O) groups excluding carboxylic acids is 2. The quantitative estimate of drug-likeness (QED) is 0.690. The van der Waals surface area contributed by atoms with Crippen molar-refractivity contribution in [3.8, 4) is 11.3 Å². The summed E-state index contributed by atoms with van der Waals surface area (Å²) in [7, 11) is 0. The third-order valence-corrected chi connectivity index (χ3v) is 5.69. The minimum Gasteiger partial charge on any atom is -0.354 e. The number of aromatic amines is 1. The monoisotopic (exact) mass is 393 g/mol. The summed E-state index contributed by atoms with van der Waals surface area (Å²) in [6, 6.07) is 12.1. The highest BCUT2D eigenvalue weighted by atomic mass is 19.1. The molecule has 1 saturated heterocycles. The molecule has 1 fully saturated rings. The van der Waals surface area contributed by atoms with Crippen LogP contribution in [0.1, 0.15) is 30.9 Å². The van der Waals surface area contributed by atoms with Crippen LogP contribution in [0.4, 0.5) is 4.39 Å². The number of rotatable bonds is 5. The lowest BCUT2D eigenvalue weighted by Crippen LogP contribution is -2.45. The number of aryl methyl sites for hydroxylation is 1. The van der Waals surface area contributed by atoms with Gasteiger partial charge in [-0.25, -0.2) is 4.39 Å². The molecule has 0 saturated carbocycles. The predicted octanol–water partition coefficient (Wildman–Crippen LogP) is 3.91. The predicted molar refractivity (Wildman–Crippen MR) is 111 cm³/mol. The second-order valence-corrected chi connectivity index (χ2v) is 7.57. The molecule has 1 aliphatic heterocycles. The van der Waals surface area contributed by atoms with E-state index in [-0.39, 0.29) is 17.6 Å². The number of fused-ring (bicyclic) bond motifs is 1. The fraction of sp³-hybridized carbons (Fsp3) is 0.304. The Hall–Kier alpha value is -3.15. The second kappa shape index (κ2) is 7.70. The van der Waals surface area contributed by atoms with Gasteiger partial charge >= 0.3 is 0 Å². The number of H-pyrrole nitrogens is 1. The van der Waals surface area contributed by atoms with Crippen molar-refractivity contribution in [2.45, 2.75) is 39.3 Å². The zero-order chi connectivity index (χ0) is 20.5. The number of benzene rings is 2. The van der Waals surface area contributed by atoms with E-state index in [4.69, 9.17) is 0 Å². The molecule has 0 spiro atoms. The molecule has 1 atom stereocenters. The first kappa shape index (κ1) is 19.2. The van der Waals surface area contributed by atoms with Crippen LogP contribution in [-0.2, 0) is 16.1 Å². The van der Waals surface area contributed by atoms with Crippen molar-refractivity contribution in [2.24, 2.45) is 0 Å². The highest BCUT2D eigenvalue weighted by Crippen LogP contribution is 2.31. The van der Waals surface area contributed by atoms with Gasteiger partial charge in [-0.1, -0.05) is 18.2 Å². The van der Waals surface area contributed by atoms with Crippen LogP contribution in [0.5, 0.6) is 0 Å². The van der Waals surface area contributed by atoms with Gasteiger partial charge in [-0.3, -0.25) is 9.59 Å². The van der Waals surface area contributed by atoms with Gasteiger partial charge in [0.25, 0.3) is 0 Å². The highest BCUT2D eigenvalue weighted by molar-refractivity contribution is 5.91. The Kier molecular flexibility index (Phi) is 5.09. The van der Waals surface area contributed by atoms with Crippen LogP contribution in [0, 0.1) is 12.7 Å².